The molecule has 1 aliphatic heterocycles. The molecule has 1 aromatic carbocycles. The Morgan fingerprint density at radius 3 is 2.81 bits per heavy atom. The molecular formula is C11H10FNO3. The largest absolute Gasteiger partial charge is 0.481 e. The predicted octanol–water partition coefficient (Wildman–Crippen LogP) is 1.79. The standard InChI is InChI=1S/C11H10FNO3/c12-8-3-1-7(2-4-8)10-5-9(16-13-10)6-11(14)15/h1-4,9H,5-6H2,(H,14,15). The highest BCUT2D eigenvalue weighted by Gasteiger charge is 2.24. The fourth-order valence-electron chi connectivity index (χ4n) is 1.55. The number of benzene rings is 1. The molecular weight excluding hydrogens is 213 g/mol. The molecule has 1 heterocycles. The van der Waals surface area contributed by atoms with E-state index in [-0.39, 0.29) is 12.2 Å². The van der Waals surface area contributed by atoms with Crippen LogP contribution in [0.2, 0.25) is 0 Å². The first-order chi connectivity index (χ1) is 7.65. The van der Waals surface area contributed by atoms with Crippen molar-refractivity contribution < 1.29 is 19.1 Å². The van der Waals surface area contributed by atoms with E-state index in [1.807, 2.05) is 0 Å². The van der Waals surface area contributed by atoms with Gasteiger partial charge in [-0.25, -0.2) is 4.39 Å². The highest BCUT2D eigenvalue weighted by Crippen LogP contribution is 2.19. The fourth-order valence-corrected chi connectivity index (χ4v) is 1.55. The van der Waals surface area contributed by atoms with Crippen LogP contribution in [0.25, 0.3) is 0 Å². The lowest BCUT2D eigenvalue weighted by molar-refractivity contribution is -0.139. The number of carbonyl (C=O) groups is 1. The summed E-state index contributed by atoms with van der Waals surface area (Å²) in [4.78, 5) is 15.4. The Labute approximate surface area is 91.3 Å². The van der Waals surface area contributed by atoms with Crippen LogP contribution in [0.1, 0.15) is 18.4 Å². The predicted molar refractivity (Wildman–Crippen MR) is 54.7 cm³/mol. The third-order valence-corrected chi connectivity index (χ3v) is 2.31. The van der Waals surface area contributed by atoms with Crippen molar-refractivity contribution in [3.05, 3.63) is 35.6 Å². The SMILES string of the molecule is O=C(O)CC1CC(c2ccc(F)cc2)=NO1. The summed E-state index contributed by atoms with van der Waals surface area (Å²) in [6, 6.07) is 5.87. The van der Waals surface area contributed by atoms with E-state index in [0.717, 1.165) is 5.56 Å². The van der Waals surface area contributed by atoms with Crippen molar-refractivity contribution in [2.75, 3.05) is 0 Å². The highest BCUT2D eigenvalue weighted by atomic mass is 19.1. The molecule has 1 unspecified atom stereocenters. The summed E-state index contributed by atoms with van der Waals surface area (Å²) in [5.74, 6) is -1.23. The summed E-state index contributed by atoms with van der Waals surface area (Å²) in [6.45, 7) is 0. The number of oxime groups is 1. The Bertz CT molecular complexity index is 427. The molecule has 0 radical (unpaired) electrons. The number of nitrogens with zero attached hydrogens (tertiary/aromatic N) is 1. The molecule has 4 nitrogen and oxygen atoms in total. The molecule has 1 atom stereocenters. The summed E-state index contributed by atoms with van der Waals surface area (Å²) in [5, 5.41) is 12.4. The first kappa shape index (κ1) is 10.6. The van der Waals surface area contributed by atoms with E-state index in [1.165, 1.54) is 12.1 Å². The minimum Gasteiger partial charge on any atom is -0.481 e. The number of carboxylic acid groups (broad SMARTS) is 1. The molecule has 0 saturated heterocycles. The number of carboxylic acids is 1. The Balaban J connectivity index is 2.03. The van der Waals surface area contributed by atoms with Crippen LogP contribution in [0.15, 0.2) is 29.4 Å². The maximum atomic E-state index is 12.7. The maximum Gasteiger partial charge on any atom is 0.307 e. The molecule has 0 amide bonds. The van der Waals surface area contributed by atoms with Crippen LogP contribution in [0.4, 0.5) is 4.39 Å². The molecule has 0 fully saturated rings. The van der Waals surface area contributed by atoms with Crippen molar-refractivity contribution in [1.82, 2.24) is 0 Å². The van der Waals surface area contributed by atoms with Crippen LogP contribution in [0, 0.1) is 5.82 Å². The van der Waals surface area contributed by atoms with E-state index < -0.39 is 12.1 Å². The fraction of sp³-hybridized carbons (Fsp3) is 0.273. The van der Waals surface area contributed by atoms with E-state index in [4.69, 9.17) is 9.94 Å². The zero-order valence-corrected chi connectivity index (χ0v) is 8.39. The van der Waals surface area contributed by atoms with Crippen molar-refractivity contribution in [3.63, 3.8) is 0 Å². The molecule has 0 aromatic heterocycles. The second kappa shape index (κ2) is 4.30. The second-order valence-electron chi connectivity index (χ2n) is 3.57. The third-order valence-electron chi connectivity index (χ3n) is 2.31. The summed E-state index contributed by atoms with van der Waals surface area (Å²) >= 11 is 0. The number of hydrogen-bond acceptors (Lipinski definition) is 3. The normalized spacial score (nSPS) is 19.1. The number of hydrogen-bond donors (Lipinski definition) is 1. The van der Waals surface area contributed by atoms with E-state index in [9.17, 15) is 9.18 Å². The number of aliphatic carboxylic acids is 1. The van der Waals surface area contributed by atoms with Crippen LogP contribution in [0.3, 0.4) is 0 Å². The molecule has 0 aliphatic carbocycles. The van der Waals surface area contributed by atoms with Crippen LogP contribution in [-0.2, 0) is 9.63 Å². The van der Waals surface area contributed by atoms with Gasteiger partial charge in [-0.2, -0.15) is 0 Å². The van der Waals surface area contributed by atoms with Crippen LogP contribution in [0.5, 0.6) is 0 Å². The van der Waals surface area contributed by atoms with Crippen LogP contribution >= 0.6 is 0 Å². The van der Waals surface area contributed by atoms with Gasteiger partial charge in [0.05, 0.1) is 12.1 Å². The van der Waals surface area contributed by atoms with E-state index in [1.54, 1.807) is 12.1 Å². The Kier molecular flexibility index (Phi) is 2.85. The summed E-state index contributed by atoms with van der Waals surface area (Å²) in [6.07, 6.45) is -0.0517. The van der Waals surface area contributed by atoms with E-state index in [0.29, 0.717) is 12.1 Å². The Morgan fingerprint density at radius 2 is 2.19 bits per heavy atom. The molecule has 0 spiro atoms. The summed E-state index contributed by atoms with van der Waals surface area (Å²) in [5.41, 5.74) is 1.42. The molecule has 1 aromatic rings. The minimum absolute atomic E-state index is 0.0752. The van der Waals surface area contributed by atoms with Gasteiger partial charge in [0.25, 0.3) is 0 Å². The molecule has 0 saturated carbocycles. The third kappa shape index (κ3) is 2.36. The monoisotopic (exact) mass is 223 g/mol. The lowest BCUT2D eigenvalue weighted by atomic mass is 10.0. The van der Waals surface area contributed by atoms with Gasteiger partial charge in [0, 0.05) is 6.42 Å². The van der Waals surface area contributed by atoms with Crippen molar-refractivity contribution in [1.29, 1.82) is 0 Å². The molecule has 16 heavy (non-hydrogen) atoms. The van der Waals surface area contributed by atoms with Gasteiger partial charge < -0.3 is 9.94 Å². The second-order valence-corrected chi connectivity index (χ2v) is 3.57. The Hall–Kier alpha value is -1.91. The van der Waals surface area contributed by atoms with Gasteiger partial charge in [-0.3, -0.25) is 4.79 Å². The lowest BCUT2D eigenvalue weighted by Gasteiger charge is -2.03. The molecule has 1 N–H and O–H groups in total. The molecule has 0 bridgehead atoms. The zero-order valence-electron chi connectivity index (χ0n) is 8.39. The van der Waals surface area contributed by atoms with E-state index >= 15 is 0 Å². The van der Waals surface area contributed by atoms with Gasteiger partial charge in [-0.05, 0) is 17.7 Å². The average molecular weight is 223 g/mol. The Morgan fingerprint density at radius 1 is 1.50 bits per heavy atom. The molecule has 84 valence electrons. The summed E-state index contributed by atoms with van der Waals surface area (Å²) in [7, 11) is 0. The van der Waals surface area contributed by atoms with Crippen molar-refractivity contribution in [3.8, 4) is 0 Å². The van der Waals surface area contributed by atoms with Gasteiger partial charge in [-0.1, -0.05) is 17.3 Å². The topological polar surface area (TPSA) is 58.9 Å². The molecule has 5 heteroatoms. The van der Waals surface area contributed by atoms with Gasteiger partial charge in [0.15, 0.2) is 0 Å². The van der Waals surface area contributed by atoms with Gasteiger partial charge in [-0.15, -0.1) is 0 Å². The highest BCUT2D eigenvalue weighted by molar-refractivity contribution is 6.01. The van der Waals surface area contributed by atoms with Gasteiger partial charge in [0.1, 0.15) is 11.9 Å². The smallest absolute Gasteiger partial charge is 0.307 e. The minimum atomic E-state index is -0.916. The van der Waals surface area contributed by atoms with Gasteiger partial charge >= 0.3 is 5.97 Å². The summed E-state index contributed by atoms with van der Waals surface area (Å²) < 4.78 is 12.7. The molecule has 1 aliphatic rings. The van der Waals surface area contributed by atoms with Crippen LogP contribution < -0.4 is 0 Å². The average Bonchev–Trinajstić information content (AvgIpc) is 2.66. The van der Waals surface area contributed by atoms with Gasteiger partial charge in [0.2, 0.25) is 0 Å². The zero-order chi connectivity index (χ0) is 11.5. The first-order valence-corrected chi connectivity index (χ1v) is 4.85. The quantitative estimate of drug-likeness (QED) is 0.849. The lowest BCUT2D eigenvalue weighted by Crippen LogP contribution is -2.13. The van der Waals surface area contributed by atoms with Crippen molar-refractivity contribution >= 4 is 11.7 Å². The van der Waals surface area contributed by atoms with Crippen LogP contribution in [-0.4, -0.2) is 22.9 Å². The maximum absolute atomic E-state index is 12.7. The van der Waals surface area contributed by atoms with E-state index in [2.05, 4.69) is 5.16 Å². The number of rotatable bonds is 3. The first-order valence-electron chi connectivity index (χ1n) is 4.85. The van der Waals surface area contributed by atoms with Crippen molar-refractivity contribution in [2.45, 2.75) is 18.9 Å². The van der Waals surface area contributed by atoms with Crippen molar-refractivity contribution in [2.24, 2.45) is 5.16 Å². The molecule has 2 rings (SSSR count). The number of halogens is 1.